The van der Waals surface area contributed by atoms with E-state index in [0.29, 0.717) is 0 Å². The minimum Gasteiger partial charge on any atom is -0.502 e. The Bertz CT molecular complexity index is 1350. The molecule has 1 atom stereocenters. The number of amides is 1. The fourth-order valence-corrected chi connectivity index (χ4v) is 4.24. The summed E-state index contributed by atoms with van der Waals surface area (Å²) in [6, 6.07) is 14.6. The van der Waals surface area contributed by atoms with E-state index in [-0.39, 0.29) is 12.1 Å². The number of morpholine rings is 1. The molecule has 3 aromatic rings. The lowest BCUT2D eigenvalue weighted by molar-refractivity contribution is -0.124. The molecule has 2 aromatic carbocycles. The van der Waals surface area contributed by atoms with Crippen molar-refractivity contribution >= 4 is 5.91 Å². The third-order valence-corrected chi connectivity index (χ3v) is 6.50. The molecule has 1 fully saturated rings. The molecule has 2 heterocycles. The van der Waals surface area contributed by atoms with Gasteiger partial charge in [-0.25, -0.2) is 4.98 Å². The number of benzene rings is 2. The van der Waals surface area contributed by atoms with Crippen molar-refractivity contribution in [2.24, 2.45) is 0 Å². The van der Waals surface area contributed by atoms with Crippen molar-refractivity contribution < 1.29 is 24.9 Å². The summed E-state index contributed by atoms with van der Waals surface area (Å²) in [5.74, 6) is 4.05. The van der Waals surface area contributed by atoms with Gasteiger partial charge in [-0.1, -0.05) is 36.1 Å². The monoisotopic (exact) mass is 532 g/mol. The quantitative estimate of drug-likeness (QED) is 0.250. The highest BCUT2D eigenvalue weighted by Gasteiger charge is 2.28. The van der Waals surface area contributed by atoms with Crippen LogP contribution in [0.25, 0.3) is 0 Å². The van der Waals surface area contributed by atoms with Crippen LogP contribution in [0.5, 0.6) is 5.75 Å². The number of aliphatic hydroxyl groups excluding tert-OH is 2. The number of H-pyrrole nitrogens is 1. The predicted molar refractivity (Wildman–Crippen MR) is 144 cm³/mol. The SMILES string of the molecule is O=C(NC(CO)CO)C(Cc1ccc(C#Cc2ccc(CN3CCOCC3)cc2)cc1)c1nc[nH]c(=O)c1O. The zero-order chi connectivity index (χ0) is 27.6. The first-order chi connectivity index (χ1) is 19.0. The fourth-order valence-electron chi connectivity index (χ4n) is 4.24. The minimum atomic E-state index is -1.03. The highest BCUT2D eigenvalue weighted by molar-refractivity contribution is 5.84. The maximum Gasteiger partial charge on any atom is 0.293 e. The van der Waals surface area contributed by atoms with Crippen molar-refractivity contribution in [1.29, 1.82) is 0 Å². The lowest BCUT2D eigenvalue weighted by Crippen LogP contribution is -2.43. The maximum absolute atomic E-state index is 13.0. The molecular formula is C29H32N4O6. The zero-order valence-corrected chi connectivity index (χ0v) is 21.5. The van der Waals surface area contributed by atoms with Crippen LogP contribution in [0.4, 0.5) is 0 Å². The molecule has 1 saturated heterocycles. The van der Waals surface area contributed by atoms with Gasteiger partial charge in [-0.15, -0.1) is 0 Å². The Morgan fingerprint density at radius 2 is 1.59 bits per heavy atom. The molecular weight excluding hydrogens is 500 g/mol. The fraction of sp³-hybridized carbons (Fsp3) is 0.345. The Hall–Kier alpha value is -4.01. The number of nitrogens with zero attached hydrogens (tertiary/aromatic N) is 2. The van der Waals surface area contributed by atoms with Crippen LogP contribution < -0.4 is 10.9 Å². The van der Waals surface area contributed by atoms with Crippen molar-refractivity contribution in [1.82, 2.24) is 20.2 Å². The second-order valence-electron chi connectivity index (χ2n) is 9.33. The highest BCUT2D eigenvalue weighted by Crippen LogP contribution is 2.25. The van der Waals surface area contributed by atoms with E-state index in [1.807, 2.05) is 36.4 Å². The number of ether oxygens (including phenoxy) is 1. The van der Waals surface area contributed by atoms with Crippen LogP contribution in [0.3, 0.4) is 0 Å². The van der Waals surface area contributed by atoms with E-state index >= 15 is 0 Å². The van der Waals surface area contributed by atoms with Crippen LogP contribution in [0.2, 0.25) is 0 Å². The Kier molecular flexibility index (Phi) is 9.83. The lowest BCUT2D eigenvalue weighted by atomic mass is 9.93. The molecule has 5 N–H and O–H groups in total. The van der Waals surface area contributed by atoms with Gasteiger partial charge in [0.05, 0.1) is 44.7 Å². The van der Waals surface area contributed by atoms with Crippen molar-refractivity contribution in [3.05, 3.63) is 93.2 Å². The zero-order valence-electron chi connectivity index (χ0n) is 21.5. The molecule has 10 heteroatoms. The lowest BCUT2D eigenvalue weighted by Gasteiger charge is -2.26. The summed E-state index contributed by atoms with van der Waals surface area (Å²) in [5, 5.41) is 31.5. The van der Waals surface area contributed by atoms with Gasteiger partial charge in [0.2, 0.25) is 11.7 Å². The highest BCUT2D eigenvalue weighted by atomic mass is 16.5. The second-order valence-corrected chi connectivity index (χ2v) is 9.33. The molecule has 4 rings (SSSR count). The van der Waals surface area contributed by atoms with Gasteiger partial charge < -0.3 is 30.4 Å². The van der Waals surface area contributed by atoms with Crippen molar-refractivity contribution in [2.45, 2.75) is 24.9 Å². The van der Waals surface area contributed by atoms with Gasteiger partial charge in [0, 0.05) is 30.8 Å². The van der Waals surface area contributed by atoms with E-state index in [1.54, 1.807) is 0 Å². The number of rotatable bonds is 9. The number of aromatic amines is 1. The first kappa shape index (κ1) is 28.0. The summed E-state index contributed by atoms with van der Waals surface area (Å²) in [7, 11) is 0. The standard InChI is InChI=1S/C29H32N4O6/c34-17-24(18-35)32-28(37)25(26-27(36)29(38)31-19-30-26)15-22-7-3-20(4-8-22)1-2-21-5-9-23(10-6-21)16-33-11-13-39-14-12-33/h3-10,19,24-25,34-36H,11-18H2,(H,32,37)(H,30,31,38). The molecule has 0 aliphatic carbocycles. The summed E-state index contributed by atoms with van der Waals surface area (Å²) in [6.07, 6.45) is 1.23. The second kappa shape index (κ2) is 13.7. The molecule has 1 aliphatic heterocycles. The number of aromatic nitrogens is 2. The molecule has 0 saturated carbocycles. The summed E-state index contributed by atoms with van der Waals surface area (Å²) in [6.45, 7) is 3.39. The van der Waals surface area contributed by atoms with Crippen molar-refractivity contribution in [3.63, 3.8) is 0 Å². The molecule has 39 heavy (non-hydrogen) atoms. The molecule has 0 radical (unpaired) electrons. The van der Waals surface area contributed by atoms with E-state index in [4.69, 9.17) is 4.74 Å². The average Bonchev–Trinajstić information content (AvgIpc) is 2.97. The van der Waals surface area contributed by atoms with Gasteiger partial charge in [-0.2, -0.15) is 0 Å². The number of carbonyl (C=O) groups is 1. The van der Waals surface area contributed by atoms with Gasteiger partial charge in [-0.05, 0) is 41.8 Å². The Morgan fingerprint density at radius 1 is 1.00 bits per heavy atom. The van der Waals surface area contributed by atoms with E-state index < -0.39 is 42.4 Å². The summed E-state index contributed by atoms with van der Waals surface area (Å²) in [4.78, 5) is 33.5. The Balaban J connectivity index is 1.44. The third kappa shape index (κ3) is 7.75. The van der Waals surface area contributed by atoms with E-state index in [0.717, 1.165) is 55.9 Å². The number of nitrogens with one attached hydrogen (secondary N) is 2. The molecule has 1 aliphatic rings. The van der Waals surface area contributed by atoms with Crippen LogP contribution in [0.1, 0.15) is 33.9 Å². The van der Waals surface area contributed by atoms with Gasteiger partial charge >= 0.3 is 0 Å². The van der Waals surface area contributed by atoms with Gasteiger partial charge in [0.1, 0.15) is 5.69 Å². The topological polar surface area (TPSA) is 148 Å². The Morgan fingerprint density at radius 3 is 2.18 bits per heavy atom. The molecule has 0 bridgehead atoms. The number of hydrogen-bond acceptors (Lipinski definition) is 8. The molecule has 1 unspecified atom stereocenters. The van der Waals surface area contributed by atoms with Crippen molar-refractivity contribution in [3.8, 4) is 17.6 Å². The molecule has 204 valence electrons. The van der Waals surface area contributed by atoms with Gasteiger partial charge in [-0.3, -0.25) is 14.5 Å². The summed E-state index contributed by atoms with van der Waals surface area (Å²) < 4.78 is 5.40. The minimum absolute atomic E-state index is 0.0909. The number of carbonyl (C=O) groups excluding carboxylic acids is 1. The van der Waals surface area contributed by atoms with Crippen LogP contribution >= 0.6 is 0 Å². The van der Waals surface area contributed by atoms with Crippen molar-refractivity contribution in [2.75, 3.05) is 39.5 Å². The van der Waals surface area contributed by atoms with E-state index in [1.165, 1.54) is 5.56 Å². The maximum atomic E-state index is 13.0. The van der Waals surface area contributed by atoms with Gasteiger partial charge in [0.25, 0.3) is 5.56 Å². The molecule has 10 nitrogen and oxygen atoms in total. The largest absolute Gasteiger partial charge is 0.502 e. The predicted octanol–water partition coefficient (Wildman–Crippen LogP) is 0.503. The number of aromatic hydroxyl groups is 1. The van der Waals surface area contributed by atoms with Crippen LogP contribution in [0.15, 0.2) is 59.7 Å². The molecule has 1 amide bonds. The average molecular weight is 533 g/mol. The number of hydrogen-bond donors (Lipinski definition) is 5. The molecule has 0 spiro atoms. The normalized spacial score (nSPS) is 14.4. The molecule has 1 aromatic heterocycles. The smallest absolute Gasteiger partial charge is 0.293 e. The van der Waals surface area contributed by atoms with E-state index in [2.05, 4.69) is 44.2 Å². The van der Waals surface area contributed by atoms with Crippen LogP contribution in [-0.4, -0.2) is 81.7 Å². The first-order valence-electron chi connectivity index (χ1n) is 12.8. The Labute approximate surface area is 226 Å². The van der Waals surface area contributed by atoms with Crippen LogP contribution in [-0.2, 0) is 22.5 Å². The number of aliphatic hydroxyl groups is 2. The summed E-state index contributed by atoms with van der Waals surface area (Å²) in [5.41, 5.74) is 2.81. The third-order valence-electron chi connectivity index (χ3n) is 6.50. The van der Waals surface area contributed by atoms with Gasteiger partial charge in [0.15, 0.2) is 0 Å². The van der Waals surface area contributed by atoms with Crippen LogP contribution in [0, 0.1) is 11.8 Å². The first-order valence-corrected chi connectivity index (χ1v) is 12.8. The summed E-state index contributed by atoms with van der Waals surface area (Å²) >= 11 is 0. The van der Waals surface area contributed by atoms with E-state index in [9.17, 15) is 24.9 Å².